The third kappa shape index (κ3) is 4.67. The Morgan fingerprint density at radius 1 is 0.909 bits per heavy atom. The van der Waals surface area contributed by atoms with Crippen molar-refractivity contribution in [1.82, 2.24) is 0 Å². The van der Waals surface area contributed by atoms with Gasteiger partial charge in [0.05, 0.1) is 31.2 Å². The SMILES string of the molecule is BB[C@@H](CP(OC)c1ccccc1)P(OC)c1ccccc1. The normalized spacial score (nSPS) is 15.0. The molecule has 0 heterocycles. The van der Waals surface area contributed by atoms with E-state index < -0.39 is 16.3 Å². The van der Waals surface area contributed by atoms with Gasteiger partial charge in [0.15, 0.2) is 0 Å². The van der Waals surface area contributed by atoms with Gasteiger partial charge in [-0.1, -0.05) is 60.7 Å². The third-order valence-electron chi connectivity index (χ3n) is 3.65. The van der Waals surface area contributed by atoms with Crippen LogP contribution in [0.25, 0.3) is 0 Å². The van der Waals surface area contributed by atoms with Crippen molar-refractivity contribution in [1.29, 1.82) is 0 Å². The van der Waals surface area contributed by atoms with E-state index >= 15 is 0 Å². The fourth-order valence-corrected chi connectivity index (χ4v) is 6.96. The lowest BCUT2D eigenvalue weighted by Gasteiger charge is -2.28. The minimum absolute atomic E-state index is 0.508. The highest BCUT2D eigenvalue weighted by Gasteiger charge is 2.26. The molecule has 0 aromatic heterocycles. The van der Waals surface area contributed by atoms with E-state index in [0.717, 1.165) is 13.3 Å². The molecule has 0 aliphatic carbocycles. The minimum atomic E-state index is -0.609. The maximum absolute atomic E-state index is 5.89. The van der Waals surface area contributed by atoms with Gasteiger partial charge in [-0.05, 0) is 11.7 Å². The number of hydrogen-bond donors (Lipinski definition) is 0. The van der Waals surface area contributed by atoms with E-state index in [2.05, 4.69) is 68.4 Å². The maximum atomic E-state index is 5.89. The molecule has 114 valence electrons. The fourth-order valence-electron chi connectivity index (χ4n) is 2.48. The summed E-state index contributed by atoms with van der Waals surface area (Å²) in [6, 6.07) is 21.1. The Kier molecular flexibility index (Phi) is 7.63. The van der Waals surface area contributed by atoms with Crippen molar-refractivity contribution in [2.24, 2.45) is 0 Å². The molecule has 0 aliphatic heterocycles. The van der Waals surface area contributed by atoms with Crippen molar-refractivity contribution in [2.75, 3.05) is 20.4 Å². The van der Waals surface area contributed by atoms with E-state index in [-0.39, 0.29) is 0 Å². The van der Waals surface area contributed by atoms with Gasteiger partial charge in [0.1, 0.15) is 0 Å². The van der Waals surface area contributed by atoms with E-state index in [9.17, 15) is 0 Å². The van der Waals surface area contributed by atoms with E-state index in [1.807, 2.05) is 14.2 Å². The summed E-state index contributed by atoms with van der Waals surface area (Å²) in [6.07, 6.45) is 1.04. The summed E-state index contributed by atoms with van der Waals surface area (Å²) >= 11 is 0. The molecule has 3 atom stereocenters. The lowest BCUT2D eigenvalue weighted by atomic mass is 9.53. The summed E-state index contributed by atoms with van der Waals surface area (Å²) in [6.45, 7) is 0. The van der Waals surface area contributed by atoms with Crippen LogP contribution in [0.15, 0.2) is 60.7 Å². The van der Waals surface area contributed by atoms with Crippen LogP contribution in [0.2, 0.25) is 0 Å². The van der Waals surface area contributed by atoms with Crippen molar-refractivity contribution >= 4 is 41.8 Å². The van der Waals surface area contributed by atoms with E-state index in [1.165, 1.54) is 10.6 Å². The predicted molar refractivity (Wildman–Crippen MR) is 104 cm³/mol. The lowest BCUT2D eigenvalue weighted by Crippen LogP contribution is -2.26. The van der Waals surface area contributed by atoms with E-state index in [1.54, 1.807) is 0 Å². The van der Waals surface area contributed by atoms with Crippen LogP contribution in [0.5, 0.6) is 0 Å². The largest absolute Gasteiger partial charge is 0.358 e. The van der Waals surface area contributed by atoms with Crippen molar-refractivity contribution in [3.63, 3.8) is 0 Å². The highest BCUT2D eigenvalue weighted by atomic mass is 31.1. The van der Waals surface area contributed by atoms with Crippen molar-refractivity contribution in [3.05, 3.63) is 60.7 Å². The Labute approximate surface area is 137 Å². The first-order valence-electron chi connectivity index (χ1n) is 7.55. The molecule has 0 fully saturated rings. The minimum Gasteiger partial charge on any atom is -0.358 e. The van der Waals surface area contributed by atoms with Gasteiger partial charge in [-0.25, -0.2) is 0 Å². The van der Waals surface area contributed by atoms with Crippen LogP contribution in [0, 0.1) is 0 Å². The standard InChI is InChI=1S/C16H22B2O2P2/c1-19-21(14-9-5-3-6-10-14)13-16(18-17)22(20-2)15-11-7-4-8-12-15/h3-12,16,18H,13,17H2,1-2H3/t16-,21?,22?/m1/s1. The molecule has 0 spiro atoms. The average Bonchev–Trinajstić information content (AvgIpc) is 2.60. The molecule has 0 bridgehead atoms. The summed E-state index contributed by atoms with van der Waals surface area (Å²) in [5.74, 6) is 0. The number of hydrogen-bond acceptors (Lipinski definition) is 2. The van der Waals surface area contributed by atoms with Gasteiger partial charge >= 0.3 is 0 Å². The van der Waals surface area contributed by atoms with E-state index in [0.29, 0.717) is 5.56 Å². The van der Waals surface area contributed by atoms with Crippen LogP contribution < -0.4 is 10.6 Å². The van der Waals surface area contributed by atoms with Crippen LogP contribution in [-0.2, 0) is 9.05 Å². The van der Waals surface area contributed by atoms with Gasteiger partial charge in [0, 0.05) is 24.8 Å². The van der Waals surface area contributed by atoms with Crippen molar-refractivity contribution < 1.29 is 9.05 Å². The summed E-state index contributed by atoms with van der Waals surface area (Å²) in [5, 5.41) is 2.61. The second-order valence-corrected chi connectivity index (χ2v) is 9.25. The fraction of sp³-hybridized carbons (Fsp3) is 0.250. The first-order valence-corrected chi connectivity index (χ1v) is 10.3. The van der Waals surface area contributed by atoms with Gasteiger partial charge in [0.25, 0.3) is 0 Å². The average molecular weight is 330 g/mol. The second kappa shape index (κ2) is 9.48. The molecule has 2 nitrogen and oxygen atoms in total. The predicted octanol–water partition coefficient (Wildman–Crippen LogP) is 2.03. The highest BCUT2D eigenvalue weighted by molar-refractivity contribution is 7.67. The van der Waals surface area contributed by atoms with Crippen LogP contribution in [-0.4, -0.2) is 40.8 Å². The molecule has 0 amide bonds. The summed E-state index contributed by atoms with van der Waals surface area (Å²) < 4.78 is 11.7. The smallest absolute Gasteiger partial charge is 0.0953 e. The molecule has 22 heavy (non-hydrogen) atoms. The molecule has 0 N–H and O–H groups in total. The Balaban J connectivity index is 2.16. The van der Waals surface area contributed by atoms with Crippen LogP contribution in [0.3, 0.4) is 0 Å². The molecule has 2 rings (SSSR count). The Morgan fingerprint density at radius 2 is 1.45 bits per heavy atom. The molecule has 0 radical (unpaired) electrons. The van der Waals surface area contributed by atoms with Gasteiger partial charge in [-0.2, -0.15) is 0 Å². The Bertz CT molecular complexity index is 542. The summed E-state index contributed by atoms with van der Waals surface area (Å²) in [7, 11) is 5.80. The highest BCUT2D eigenvalue weighted by Crippen LogP contribution is 2.47. The quantitative estimate of drug-likeness (QED) is 0.545. The number of benzene rings is 2. The zero-order valence-electron chi connectivity index (χ0n) is 13.5. The molecule has 6 heteroatoms. The van der Waals surface area contributed by atoms with E-state index in [4.69, 9.17) is 9.05 Å². The molecule has 2 unspecified atom stereocenters. The van der Waals surface area contributed by atoms with Gasteiger partial charge in [-0.15, -0.1) is 0 Å². The first-order chi connectivity index (χ1) is 10.8. The molecule has 2 aromatic carbocycles. The zero-order chi connectivity index (χ0) is 15.8. The van der Waals surface area contributed by atoms with Crippen molar-refractivity contribution in [3.8, 4) is 0 Å². The van der Waals surface area contributed by atoms with Gasteiger partial charge in [0.2, 0.25) is 0 Å². The Morgan fingerprint density at radius 3 is 1.91 bits per heavy atom. The monoisotopic (exact) mass is 330 g/mol. The number of rotatable bonds is 8. The Hall–Kier alpha value is -0.650. The molecule has 0 saturated heterocycles. The molecular weight excluding hydrogens is 308 g/mol. The van der Waals surface area contributed by atoms with Crippen molar-refractivity contribution in [2.45, 2.75) is 5.56 Å². The molecule has 2 aromatic rings. The van der Waals surface area contributed by atoms with Gasteiger partial charge < -0.3 is 9.05 Å². The van der Waals surface area contributed by atoms with Crippen LogP contribution in [0.4, 0.5) is 0 Å². The summed E-state index contributed by atoms with van der Waals surface area (Å²) in [5.41, 5.74) is 0.508. The second-order valence-electron chi connectivity index (χ2n) is 4.99. The van der Waals surface area contributed by atoms with Crippen LogP contribution in [0.1, 0.15) is 0 Å². The molecule has 0 aliphatic rings. The molecule has 0 saturated carbocycles. The summed E-state index contributed by atoms with van der Waals surface area (Å²) in [4.78, 5) is 0. The van der Waals surface area contributed by atoms with Gasteiger partial charge in [-0.3, -0.25) is 0 Å². The first kappa shape index (κ1) is 17.7. The zero-order valence-corrected chi connectivity index (χ0v) is 15.3. The van der Waals surface area contributed by atoms with Crippen LogP contribution >= 0.6 is 16.3 Å². The maximum Gasteiger partial charge on any atom is 0.0953 e. The third-order valence-corrected chi connectivity index (χ3v) is 8.44. The topological polar surface area (TPSA) is 18.5 Å². The molecular formula is C16H22B2O2P2. The lowest BCUT2D eigenvalue weighted by molar-refractivity contribution is 0.460.